The summed E-state index contributed by atoms with van der Waals surface area (Å²) in [7, 11) is 0. The van der Waals surface area contributed by atoms with Crippen molar-refractivity contribution in [2.45, 2.75) is 45.6 Å². The number of imidazole rings is 1. The third kappa shape index (κ3) is 4.33. The maximum Gasteiger partial charge on any atom is 0.246 e. The Morgan fingerprint density at radius 2 is 1.84 bits per heavy atom. The number of likely N-dealkylation sites (N-methyl/N-ethyl adjacent to an activating group) is 1. The minimum absolute atomic E-state index is 0.0105. The van der Waals surface area contributed by atoms with E-state index >= 15 is 0 Å². The molecule has 4 rings (SSSR count). The fourth-order valence-electron chi connectivity index (χ4n) is 4.41. The van der Waals surface area contributed by atoms with Crippen molar-refractivity contribution in [1.29, 1.82) is 0 Å². The zero-order valence-electron chi connectivity index (χ0n) is 18.3. The lowest BCUT2D eigenvalue weighted by molar-refractivity contribution is -0.127. The van der Waals surface area contributed by atoms with Gasteiger partial charge in [-0.15, -0.1) is 0 Å². The number of benzene rings is 2. The molecular weight excluding hydrogens is 388 g/mol. The Balaban J connectivity index is 1.64. The number of para-hydroxylation sites is 3. The average molecular weight is 419 g/mol. The van der Waals surface area contributed by atoms with Crippen LogP contribution in [0.2, 0.25) is 0 Å². The molecule has 0 radical (unpaired) electrons. The summed E-state index contributed by atoms with van der Waals surface area (Å²) in [5.41, 5.74) is 2.70. The minimum Gasteiger partial charge on any atom is -0.342 e. The SMILES string of the molecule is CCCCN1C[C@@H](c2nc3ccccc3n2CC(=O)N(CC)c2ccccc2)CC1=O. The van der Waals surface area contributed by atoms with Crippen molar-refractivity contribution in [2.24, 2.45) is 0 Å². The first-order chi connectivity index (χ1) is 15.1. The highest BCUT2D eigenvalue weighted by Crippen LogP contribution is 2.31. The molecule has 0 saturated carbocycles. The van der Waals surface area contributed by atoms with Crippen molar-refractivity contribution in [1.82, 2.24) is 14.5 Å². The second-order valence-electron chi connectivity index (χ2n) is 8.11. The molecule has 1 saturated heterocycles. The van der Waals surface area contributed by atoms with E-state index in [-0.39, 0.29) is 24.3 Å². The highest BCUT2D eigenvalue weighted by molar-refractivity contribution is 5.94. The van der Waals surface area contributed by atoms with Gasteiger partial charge in [0.25, 0.3) is 0 Å². The molecule has 0 aliphatic carbocycles. The van der Waals surface area contributed by atoms with E-state index in [4.69, 9.17) is 4.98 Å². The van der Waals surface area contributed by atoms with Gasteiger partial charge in [-0.1, -0.05) is 43.7 Å². The fraction of sp³-hybridized carbons (Fsp3) is 0.400. The van der Waals surface area contributed by atoms with Crippen LogP contribution in [0, 0.1) is 0 Å². The van der Waals surface area contributed by atoms with E-state index in [0.717, 1.165) is 41.9 Å². The predicted molar refractivity (Wildman–Crippen MR) is 123 cm³/mol. The number of hydrogen-bond donors (Lipinski definition) is 0. The van der Waals surface area contributed by atoms with Crippen LogP contribution in [0.1, 0.15) is 44.9 Å². The number of carbonyl (C=O) groups excluding carboxylic acids is 2. The normalized spacial score (nSPS) is 16.3. The number of unbranched alkanes of at least 4 members (excludes halogenated alkanes) is 1. The van der Waals surface area contributed by atoms with E-state index in [2.05, 4.69) is 6.92 Å². The van der Waals surface area contributed by atoms with Crippen LogP contribution in [0.3, 0.4) is 0 Å². The van der Waals surface area contributed by atoms with E-state index in [0.29, 0.717) is 19.5 Å². The fourth-order valence-corrected chi connectivity index (χ4v) is 4.41. The van der Waals surface area contributed by atoms with E-state index in [1.54, 1.807) is 4.90 Å². The highest BCUT2D eigenvalue weighted by Gasteiger charge is 2.34. The lowest BCUT2D eigenvalue weighted by atomic mass is 10.1. The number of amides is 2. The molecular formula is C25H30N4O2. The van der Waals surface area contributed by atoms with Crippen molar-refractivity contribution < 1.29 is 9.59 Å². The summed E-state index contributed by atoms with van der Waals surface area (Å²) < 4.78 is 2.02. The molecule has 1 aliphatic heterocycles. The quantitative estimate of drug-likeness (QED) is 0.551. The van der Waals surface area contributed by atoms with Crippen LogP contribution in [-0.4, -0.2) is 45.9 Å². The van der Waals surface area contributed by atoms with Crippen molar-refractivity contribution in [3.63, 3.8) is 0 Å². The maximum atomic E-state index is 13.3. The van der Waals surface area contributed by atoms with Gasteiger partial charge in [0.2, 0.25) is 11.8 Å². The number of hydrogen-bond acceptors (Lipinski definition) is 3. The van der Waals surface area contributed by atoms with Gasteiger partial charge in [0.1, 0.15) is 12.4 Å². The first kappa shape index (κ1) is 21.1. The Labute approximate surface area is 183 Å². The van der Waals surface area contributed by atoms with Gasteiger partial charge in [-0.3, -0.25) is 9.59 Å². The molecule has 2 amide bonds. The smallest absolute Gasteiger partial charge is 0.246 e. The van der Waals surface area contributed by atoms with E-state index in [1.165, 1.54) is 0 Å². The lowest BCUT2D eigenvalue weighted by Crippen LogP contribution is -2.34. The number of nitrogens with zero attached hydrogens (tertiary/aromatic N) is 4. The molecule has 0 bridgehead atoms. The van der Waals surface area contributed by atoms with Crippen molar-refractivity contribution in [2.75, 3.05) is 24.5 Å². The van der Waals surface area contributed by atoms with Crippen molar-refractivity contribution in [3.05, 3.63) is 60.4 Å². The summed E-state index contributed by atoms with van der Waals surface area (Å²) in [5.74, 6) is 1.05. The van der Waals surface area contributed by atoms with Crippen LogP contribution >= 0.6 is 0 Å². The van der Waals surface area contributed by atoms with Crippen LogP contribution < -0.4 is 4.90 Å². The molecule has 3 aromatic rings. The second kappa shape index (κ2) is 9.33. The predicted octanol–water partition coefficient (Wildman–Crippen LogP) is 4.21. The third-order valence-corrected chi connectivity index (χ3v) is 6.02. The van der Waals surface area contributed by atoms with E-state index in [1.807, 2.05) is 71.0 Å². The van der Waals surface area contributed by atoms with Crippen LogP contribution in [-0.2, 0) is 16.1 Å². The van der Waals surface area contributed by atoms with Crippen LogP contribution in [0.5, 0.6) is 0 Å². The summed E-state index contributed by atoms with van der Waals surface area (Å²) in [6.45, 7) is 6.39. The largest absolute Gasteiger partial charge is 0.342 e. The molecule has 2 heterocycles. The zero-order chi connectivity index (χ0) is 21.8. The zero-order valence-corrected chi connectivity index (χ0v) is 18.3. The molecule has 1 aromatic heterocycles. The first-order valence-corrected chi connectivity index (χ1v) is 11.2. The summed E-state index contributed by atoms with van der Waals surface area (Å²) in [5, 5.41) is 0. The number of aromatic nitrogens is 2. The molecule has 1 atom stereocenters. The van der Waals surface area contributed by atoms with Crippen molar-refractivity contribution >= 4 is 28.5 Å². The van der Waals surface area contributed by atoms with Gasteiger partial charge in [-0.05, 0) is 37.6 Å². The minimum atomic E-state index is 0.0105. The highest BCUT2D eigenvalue weighted by atomic mass is 16.2. The van der Waals surface area contributed by atoms with Crippen LogP contribution in [0.25, 0.3) is 11.0 Å². The molecule has 0 unspecified atom stereocenters. The van der Waals surface area contributed by atoms with Gasteiger partial charge < -0.3 is 14.4 Å². The Kier molecular flexibility index (Phi) is 6.35. The van der Waals surface area contributed by atoms with Gasteiger partial charge in [0.05, 0.1) is 11.0 Å². The summed E-state index contributed by atoms with van der Waals surface area (Å²) in [6, 6.07) is 17.6. The third-order valence-electron chi connectivity index (χ3n) is 6.02. The Morgan fingerprint density at radius 1 is 1.10 bits per heavy atom. The van der Waals surface area contributed by atoms with E-state index < -0.39 is 0 Å². The molecule has 162 valence electrons. The number of fused-ring (bicyclic) bond motifs is 1. The molecule has 1 fully saturated rings. The topological polar surface area (TPSA) is 58.4 Å². The number of rotatable bonds is 8. The first-order valence-electron chi connectivity index (χ1n) is 11.2. The Hall–Kier alpha value is -3.15. The molecule has 6 heteroatoms. The van der Waals surface area contributed by atoms with Crippen molar-refractivity contribution in [3.8, 4) is 0 Å². The molecule has 0 N–H and O–H groups in total. The number of likely N-dealkylation sites (tertiary alicyclic amines) is 1. The lowest BCUT2D eigenvalue weighted by Gasteiger charge is -2.22. The van der Waals surface area contributed by atoms with Gasteiger partial charge in [-0.2, -0.15) is 0 Å². The number of carbonyl (C=O) groups is 2. The number of anilines is 1. The van der Waals surface area contributed by atoms with Gasteiger partial charge >= 0.3 is 0 Å². The summed E-state index contributed by atoms with van der Waals surface area (Å²) in [4.78, 5) is 34.5. The molecule has 6 nitrogen and oxygen atoms in total. The monoisotopic (exact) mass is 418 g/mol. The Morgan fingerprint density at radius 3 is 2.58 bits per heavy atom. The van der Waals surface area contributed by atoms with Gasteiger partial charge in [0.15, 0.2) is 0 Å². The molecule has 31 heavy (non-hydrogen) atoms. The standard InChI is InChI=1S/C25H30N4O2/c1-3-5-15-27-17-19(16-23(27)30)25-26-21-13-9-10-14-22(21)29(25)18-24(31)28(4-2)20-11-7-6-8-12-20/h6-14,19H,3-5,15-18H2,1-2H3/t19-/m0/s1. The van der Waals surface area contributed by atoms with Gasteiger partial charge in [-0.25, -0.2) is 4.98 Å². The second-order valence-corrected chi connectivity index (χ2v) is 8.11. The average Bonchev–Trinajstić information content (AvgIpc) is 3.34. The van der Waals surface area contributed by atoms with Crippen LogP contribution in [0.4, 0.5) is 5.69 Å². The summed E-state index contributed by atoms with van der Waals surface area (Å²) >= 11 is 0. The van der Waals surface area contributed by atoms with Crippen LogP contribution in [0.15, 0.2) is 54.6 Å². The summed E-state index contributed by atoms with van der Waals surface area (Å²) in [6.07, 6.45) is 2.53. The maximum absolute atomic E-state index is 13.3. The molecule has 2 aromatic carbocycles. The Bertz CT molecular complexity index is 1060. The molecule has 0 spiro atoms. The van der Waals surface area contributed by atoms with E-state index in [9.17, 15) is 9.59 Å². The molecule has 1 aliphatic rings. The van der Waals surface area contributed by atoms with Gasteiger partial charge in [0, 0.05) is 37.7 Å².